The van der Waals surface area contributed by atoms with E-state index >= 15 is 0 Å². The Morgan fingerprint density at radius 3 is 2.83 bits per heavy atom. The summed E-state index contributed by atoms with van der Waals surface area (Å²) >= 11 is 1.71. The zero-order chi connectivity index (χ0) is 16.1. The zero-order valence-corrected chi connectivity index (χ0v) is 15.3. The van der Waals surface area contributed by atoms with Crippen LogP contribution in [0.15, 0.2) is 41.4 Å². The van der Waals surface area contributed by atoms with Crippen LogP contribution in [-0.4, -0.2) is 35.0 Å². The Morgan fingerprint density at radius 2 is 2.17 bits per heavy atom. The summed E-state index contributed by atoms with van der Waals surface area (Å²) in [6.07, 6.45) is 6.21. The molecule has 5 nitrogen and oxygen atoms in total. The molecule has 1 aromatic carbocycles. The van der Waals surface area contributed by atoms with E-state index in [1.165, 1.54) is 4.90 Å². The second kappa shape index (κ2) is 9.11. The second-order valence-corrected chi connectivity index (χ2v) is 6.59. The van der Waals surface area contributed by atoms with Gasteiger partial charge in [-0.3, -0.25) is 9.48 Å². The van der Waals surface area contributed by atoms with Crippen molar-refractivity contribution in [1.29, 1.82) is 0 Å². The quantitative estimate of drug-likeness (QED) is 0.799. The van der Waals surface area contributed by atoms with Crippen LogP contribution in [-0.2, 0) is 6.54 Å². The first kappa shape index (κ1) is 18.8. The van der Waals surface area contributed by atoms with Crippen LogP contribution >= 0.6 is 24.2 Å². The molecule has 1 atom stereocenters. The van der Waals surface area contributed by atoms with Gasteiger partial charge in [0.05, 0.1) is 6.04 Å². The summed E-state index contributed by atoms with van der Waals surface area (Å²) in [6.45, 7) is 2.51. The third-order valence-corrected chi connectivity index (χ3v) is 4.84. The van der Waals surface area contributed by atoms with Gasteiger partial charge in [0, 0.05) is 24.2 Å². The minimum atomic E-state index is -0.124. The molecule has 7 heteroatoms. The number of halogens is 1. The first-order valence-corrected chi connectivity index (χ1v) is 9.16. The molecule has 0 aliphatic carbocycles. The molecule has 3 rings (SSSR count). The number of benzene rings is 1. The number of hydrogen-bond acceptors (Lipinski definition) is 4. The fraction of sp³-hybridized carbons (Fsp3) is 0.412. The summed E-state index contributed by atoms with van der Waals surface area (Å²) < 4.78 is 1.91. The van der Waals surface area contributed by atoms with Crippen LogP contribution in [0.2, 0.25) is 0 Å². The lowest BCUT2D eigenvalue weighted by Crippen LogP contribution is -2.32. The molecule has 1 aliphatic heterocycles. The Hall–Kier alpha value is -1.50. The third-order valence-electron chi connectivity index (χ3n) is 4.10. The van der Waals surface area contributed by atoms with Gasteiger partial charge < -0.3 is 10.6 Å². The Kier molecular flexibility index (Phi) is 7.15. The Bertz CT molecular complexity index is 653. The van der Waals surface area contributed by atoms with E-state index in [-0.39, 0.29) is 18.3 Å². The van der Waals surface area contributed by atoms with Gasteiger partial charge in [0.25, 0.3) is 5.91 Å². The number of nitrogens with zero attached hydrogens (tertiary/aromatic N) is 2. The van der Waals surface area contributed by atoms with Crippen molar-refractivity contribution in [2.24, 2.45) is 0 Å². The highest BCUT2D eigenvalue weighted by molar-refractivity contribution is 7.98. The molecule has 1 unspecified atom stereocenters. The molecule has 0 radical (unpaired) electrons. The minimum Gasteiger partial charge on any atom is -0.347 e. The molecule has 2 N–H and O–H groups in total. The van der Waals surface area contributed by atoms with E-state index in [0.29, 0.717) is 18.3 Å². The number of nitrogens with one attached hydrogen (secondary N) is 2. The van der Waals surface area contributed by atoms with E-state index < -0.39 is 0 Å². The molecule has 1 amide bonds. The number of piperidine rings is 1. The molecular formula is C17H23ClN4OS. The monoisotopic (exact) mass is 366 g/mol. The van der Waals surface area contributed by atoms with Gasteiger partial charge in [-0.2, -0.15) is 5.10 Å². The van der Waals surface area contributed by atoms with Crippen molar-refractivity contribution in [2.45, 2.75) is 30.3 Å². The van der Waals surface area contributed by atoms with Crippen LogP contribution in [0.25, 0.3) is 0 Å². The van der Waals surface area contributed by atoms with Crippen LogP contribution in [0.4, 0.5) is 0 Å². The van der Waals surface area contributed by atoms with Gasteiger partial charge in [-0.1, -0.05) is 12.1 Å². The minimum absolute atomic E-state index is 0. The highest BCUT2D eigenvalue weighted by Gasteiger charge is 2.17. The summed E-state index contributed by atoms with van der Waals surface area (Å²) in [5.74, 6) is -0.124. The molecule has 24 heavy (non-hydrogen) atoms. The molecular weight excluding hydrogens is 344 g/mol. The summed E-state index contributed by atoms with van der Waals surface area (Å²) in [4.78, 5) is 13.5. The second-order valence-electron chi connectivity index (χ2n) is 5.71. The highest BCUT2D eigenvalue weighted by atomic mass is 35.5. The molecule has 2 aromatic rings. The van der Waals surface area contributed by atoms with Crippen LogP contribution in [0, 0.1) is 0 Å². The largest absolute Gasteiger partial charge is 0.347 e. The maximum absolute atomic E-state index is 12.2. The predicted octanol–water partition coefficient (Wildman–Crippen LogP) is 2.88. The average Bonchev–Trinajstić information content (AvgIpc) is 3.11. The lowest BCUT2D eigenvalue weighted by atomic mass is 10.1. The van der Waals surface area contributed by atoms with Crippen LogP contribution in [0.1, 0.15) is 34.9 Å². The Balaban J connectivity index is 0.00000208. The number of amides is 1. The number of aromatic nitrogens is 2. The zero-order valence-electron chi connectivity index (χ0n) is 13.7. The van der Waals surface area contributed by atoms with E-state index in [9.17, 15) is 4.79 Å². The van der Waals surface area contributed by atoms with Crippen molar-refractivity contribution < 1.29 is 4.79 Å². The van der Waals surface area contributed by atoms with E-state index in [2.05, 4.69) is 34.1 Å². The molecule has 0 saturated carbocycles. The maximum Gasteiger partial charge on any atom is 0.272 e. The highest BCUT2D eigenvalue weighted by Crippen LogP contribution is 2.16. The van der Waals surface area contributed by atoms with E-state index in [4.69, 9.17) is 0 Å². The van der Waals surface area contributed by atoms with Crippen molar-refractivity contribution in [3.63, 3.8) is 0 Å². The van der Waals surface area contributed by atoms with E-state index in [1.807, 2.05) is 23.0 Å². The molecule has 1 fully saturated rings. The number of hydrogen-bond donors (Lipinski definition) is 2. The lowest BCUT2D eigenvalue weighted by molar-refractivity contribution is 0.0944. The van der Waals surface area contributed by atoms with E-state index in [0.717, 1.165) is 31.5 Å². The summed E-state index contributed by atoms with van der Waals surface area (Å²) in [7, 11) is 0. The predicted molar refractivity (Wildman–Crippen MR) is 100 cm³/mol. The van der Waals surface area contributed by atoms with Gasteiger partial charge in [-0.15, -0.1) is 24.2 Å². The van der Waals surface area contributed by atoms with Gasteiger partial charge in [0.2, 0.25) is 0 Å². The van der Waals surface area contributed by atoms with Crippen LogP contribution in [0.3, 0.4) is 0 Å². The standard InChI is InChI=1S/C17H22N4OS.ClH/c1-23-15-6-4-13(5-7-15)11-19-17(22)16-8-10-21(20-16)14-3-2-9-18-12-14;/h4-8,10,14,18H,2-3,9,11-12H2,1H3,(H,19,22);1H. The fourth-order valence-corrected chi connectivity index (χ4v) is 3.15. The van der Waals surface area contributed by atoms with Gasteiger partial charge in [0.15, 0.2) is 0 Å². The molecule has 0 spiro atoms. The lowest BCUT2D eigenvalue weighted by Gasteiger charge is -2.22. The van der Waals surface area contributed by atoms with Gasteiger partial charge >= 0.3 is 0 Å². The SMILES string of the molecule is CSc1ccc(CNC(=O)c2ccn(C3CCCNC3)n2)cc1.Cl. The van der Waals surface area contributed by atoms with Gasteiger partial charge in [-0.25, -0.2) is 0 Å². The van der Waals surface area contributed by atoms with Crippen molar-refractivity contribution in [2.75, 3.05) is 19.3 Å². The van der Waals surface area contributed by atoms with E-state index in [1.54, 1.807) is 17.8 Å². The van der Waals surface area contributed by atoms with Crippen LogP contribution < -0.4 is 10.6 Å². The summed E-state index contributed by atoms with van der Waals surface area (Å²) in [5.41, 5.74) is 1.57. The molecule has 2 heterocycles. The maximum atomic E-state index is 12.2. The third kappa shape index (κ3) is 4.75. The number of thioether (sulfide) groups is 1. The number of carbonyl (C=O) groups is 1. The first-order chi connectivity index (χ1) is 11.3. The molecule has 130 valence electrons. The Labute approximate surface area is 153 Å². The van der Waals surface area contributed by atoms with Gasteiger partial charge in [0.1, 0.15) is 5.69 Å². The van der Waals surface area contributed by atoms with Crippen molar-refractivity contribution >= 4 is 30.1 Å². The molecule has 1 saturated heterocycles. The number of rotatable bonds is 5. The van der Waals surface area contributed by atoms with Crippen molar-refractivity contribution in [3.8, 4) is 0 Å². The molecule has 1 aliphatic rings. The van der Waals surface area contributed by atoms with Crippen molar-refractivity contribution in [3.05, 3.63) is 47.8 Å². The van der Waals surface area contributed by atoms with Crippen molar-refractivity contribution in [1.82, 2.24) is 20.4 Å². The molecule has 1 aromatic heterocycles. The summed E-state index contributed by atoms with van der Waals surface area (Å²) in [6, 6.07) is 10.4. The summed E-state index contributed by atoms with van der Waals surface area (Å²) in [5, 5.41) is 10.7. The van der Waals surface area contributed by atoms with Gasteiger partial charge in [-0.05, 0) is 49.4 Å². The Morgan fingerprint density at radius 1 is 1.38 bits per heavy atom. The molecule has 0 bridgehead atoms. The topological polar surface area (TPSA) is 59.0 Å². The number of carbonyl (C=O) groups excluding carboxylic acids is 1. The average molecular weight is 367 g/mol. The van der Waals surface area contributed by atoms with Crippen LogP contribution in [0.5, 0.6) is 0 Å². The smallest absolute Gasteiger partial charge is 0.272 e. The fourth-order valence-electron chi connectivity index (χ4n) is 2.74. The normalized spacial score (nSPS) is 17.1. The first-order valence-electron chi connectivity index (χ1n) is 7.93.